The van der Waals surface area contributed by atoms with Gasteiger partial charge in [-0.15, -0.1) is 11.3 Å². The van der Waals surface area contributed by atoms with E-state index in [0.29, 0.717) is 38.5 Å². The van der Waals surface area contributed by atoms with Crippen LogP contribution in [0.15, 0.2) is 46.6 Å². The van der Waals surface area contributed by atoms with Crippen LogP contribution < -0.4 is 10.5 Å². The van der Waals surface area contributed by atoms with Crippen LogP contribution >= 0.6 is 11.3 Å². The molecule has 4 rings (SSSR count). The van der Waals surface area contributed by atoms with Gasteiger partial charge in [-0.05, 0) is 30.0 Å². The van der Waals surface area contributed by atoms with Crippen molar-refractivity contribution in [1.82, 2.24) is 14.5 Å². The highest BCUT2D eigenvalue weighted by Gasteiger charge is 2.25. The zero-order valence-electron chi connectivity index (χ0n) is 15.3. The molecule has 1 aromatic carbocycles. The van der Waals surface area contributed by atoms with Crippen molar-refractivity contribution in [2.24, 2.45) is 0 Å². The van der Waals surface area contributed by atoms with Crippen LogP contribution in [0.1, 0.15) is 23.0 Å². The van der Waals surface area contributed by atoms with Crippen LogP contribution in [-0.4, -0.2) is 46.5 Å². The van der Waals surface area contributed by atoms with E-state index < -0.39 is 0 Å². The second-order valence-corrected chi connectivity index (χ2v) is 7.59. The lowest BCUT2D eigenvalue weighted by molar-refractivity contribution is 0.0751. The fourth-order valence-electron chi connectivity index (χ4n) is 3.51. The summed E-state index contributed by atoms with van der Waals surface area (Å²) in [6.45, 7) is 5.16. The van der Waals surface area contributed by atoms with E-state index in [1.807, 2.05) is 56.1 Å². The molecule has 0 spiro atoms. The van der Waals surface area contributed by atoms with E-state index in [-0.39, 0.29) is 11.5 Å². The number of hydrogen-bond donors (Lipinski definition) is 0. The van der Waals surface area contributed by atoms with Crippen molar-refractivity contribution < 1.29 is 4.79 Å². The molecule has 0 atom stereocenters. The standard InChI is InChI=1S/C20H22N4O2S/c1-2-9-24-16-7-4-3-6-15(16)21-18(20(24)26)22-10-12-23(13-11-22)19(25)17-8-5-14-27-17/h3-8,14H,2,9-13H2,1H3. The molecule has 0 saturated carbocycles. The van der Waals surface area contributed by atoms with Gasteiger partial charge in [0.15, 0.2) is 5.82 Å². The smallest absolute Gasteiger partial charge is 0.294 e. The Morgan fingerprint density at radius 1 is 1.11 bits per heavy atom. The summed E-state index contributed by atoms with van der Waals surface area (Å²) in [5.41, 5.74) is 1.66. The number of para-hydroxylation sites is 2. The van der Waals surface area contributed by atoms with Gasteiger partial charge in [0.25, 0.3) is 11.5 Å². The average molecular weight is 382 g/mol. The number of benzene rings is 1. The van der Waals surface area contributed by atoms with Crippen molar-refractivity contribution >= 4 is 34.1 Å². The largest absolute Gasteiger partial charge is 0.348 e. The van der Waals surface area contributed by atoms with Crippen LogP contribution in [0.2, 0.25) is 0 Å². The molecule has 6 nitrogen and oxygen atoms in total. The number of nitrogens with zero attached hydrogens (tertiary/aromatic N) is 4. The molecule has 1 aliphatic heterocycles. The second-order valence-electron chi connectivity index (χ2n) is 6.64. The van der Waals surface area contributed by atoms with Gasteiger partial charge in [-0.3, -0.25) is 9.59 Å². The first kappa shape index (κ1) is 17.7. The fraction of sp³-hybridized carbons (Fsp3) is 0.350. The van der Waals surface area contributed by atoms with E-state index in [2.05, 4.69) is 11.9 Å². The molecule has 0 aliphatic carbocycles. The molecule has 0 radical (unpaired) electrons. The minimum Gasteiger partial charge on any atom is -0.348 e. The number of hydrogen-bond acceptors (Lipinski definition) is 5. The van der Waals surface area contributed by atoms with Crippen molar-refractivity contribution in [1.29, 1.82) is 0 Å². The lowest BCUT2D eigenvalue weighted by atomic mass is 10.2. The normalized spacial score (nSPS) is 14.7. The number of carbonyl (C=O) groups excluding carboxylic acids is 1. The molecule has 2 aromatic heterocycles. The molecule has 0 N–H and O–H groups in total. The van der Waals surface area contributed by atoms with Gasteiger partial charge in [-0.2, -0.15) is 0 Å². The fourth-order valence-corrected chi connectivity index (χ4v) is 4.20. The summed E-state index contributed by atoms with van der Waals surface area (Å²) < 4.78 is 1.82. The highest BCUT2D eigenvalue weighted by Crippen LogP contribution is 2.18. The number of thiophene rings is 1. The number of fused-ring (bicyclic) bond motifs is 1. The zero-order chi connectivity index (χ0) is 18.8. The Labute approximate surface area is 161 Å². The zero-order valence-corrected chi connectivity index (χ0v) is 16.1. The summed E-state index contributed by atoms with van der Waals surface area (Å²) in [7, 11) is 0. The quantitative estimate of drug-likeness (QED) is 0.696. The van der Waals surface area contributed by atoms with E-state index in [9.17, 15) is 9.59 Å². The van der Waals surface area contributed by atoms with Gasteiger partial charge in [-0.25, -0.2) is 4.98 Å². The second kappa shape index (κ2) is 7.52. The van der Waals surface area contributed by atoms with E-state index in [1.54, 1.807) is 0 Å². The molecule has 1 saturated heterocycles. The first-order valence-corrected chi connectivity index (χ1v) is 10.1. The topological polar surface area (TPSA) is 58.4 Å². The molecule has 3 aromatic rings. The summed E-state index contributed by atoms with van der Waals surface area (Å²) in [4.78, 5) is 34.9. The summed E-state index contributed by atoms with van der Waals surface area (Å²) >= 11 is 1.46. The van der Waals surface area contributed by atoms with Gasteiger partial charge in [0.05, 0.1) is 15.9 Å². The highest BCUT2D eigenvalue weighted by atomic mass is 32.1. The number of piperazine rings is 1. The van der Waals surface area contributed by atoms with Gasteiger partial charge < -0.3 is 14.4 Å². The molecule has 140 valence electrons. The highest BCUT2D eigenvalue weighted by molar-refractivity contribution is 7.12. The first-order valence-electron chi connectivity index (χ1n) is 9.26. The third-order valence-electron chi connectivity index (χ3n) is 4.88. The molecule has 3 heterocycles. The lowest BCUT2D eigenvalue weighted by Crippen LogP contribution is -2.50. The Balaban J connectivity index is 1.59. The maximum Gasteiger partial charge on any atom is 0.294 e. The van der Waals surface area contributed by atoms with Crippen LogP contribution in [0.3, 0.4) is 0 Å². The summed E-state index contributed by atoms with van der Waals surface area (Å²) in [6.07, 6.45) is 0.885. The molecule has 0 unspecified atom stereocenters. The third-order valence-corrected chi connectivity index (χ3v) is 5.74. The van der Waals surface area contributed by atoms with E-state index in [0.717, 1.165) is 22.3 Å². The maximum atomic E-state index is 13.1. The van der Waals surface area contributed by atoms with Crippen LogP contribution in [0, 0.1) is 0 Å². The van der Waals surface area contributed by atoms with Crippen LogP contribution in [0.4, 0.5) is 5.82 Å². The molecule has 7 heteroatoms. The number of aryl methyl sites for hydroxylation is 1. The molecule has 1 fully saturated rings. The average Bonchev–Trinajstić information content (AvgIpc) is 3.24. The number of amides is 1. The monoisotopic (exact) mass is 382 g/mol. The Hall–Kier alpha value is -2.67. The van der Waals surface area contributed by atoms with Gasteiger partial charge in [0, 0.05) is 32.7 Å². The van der Waals surface area contributed by atoms with Crippen molar-refractivity contribution in [3.8, 4) is 0 Å². The number of anilines is 1. The summed E-state index contributed by atoms with van der Waals surface area (Å²) in [5.74, 6) is 0.560. The predicted octanol–water partition coefficient (Wildman–Crippen LogP) is 2.83. The molecular formula is C20H22N4O2S. The van der Waals surface area contributed by atoms with Gasteiger partial charge in [0.2, 0.25) is 0 Å². The van der Waals surface area contributed by atoms with E-state index >= 15 is 0 Å². The maximum absolute atomic E-state index is 13.1. The SMILES string of the molecule is CCCn1c(=O)c(N2CCN(C(=O)c3cccs3)CC2)nc2ccccc21. The Morgan fingerprint density at radius 2 is 1.89 bits per heavy atom. The Morgan fingerprint density at radius 3 is 2.59 bits per heavy atom. The van der Waals surface area contributed by atoms with Crippen LogP contribution in [-0.2, 0) is 6.54 Å². The van der Waals surface area contributed by atoms with E-state index in [4.69, 9.17) is 0 Å². The minimum absolute atomic E-state index is 0.0476. The summed E-state index contributed by atoms with van der Waals surface area (Å²) in [6, 6.07) is 11.5. The molecule has 0 bridgehead atoms. The number of rotatable bonds is 4. The van der Waals surface area contributed by atoms with Crippen molar-refractivity contribution in [3.05, 3.63) is 57.0 Å². The Bertz CT molecular complexity index is 1000. The molecule has 27 heavy (non-hydrogen) atoms. The lowest BCUT2D eigenvalue weighted by Gasteiger charge is -2.35. The van der Waals surface area contributed by atoms with Crippen molar-refractivity contribution in [3.63, 3.8) is 0 Å². The molecular weight excluding hydrogens is 360 g/mol. The first-order chi connectivity index (χ1) is 13.2. The third kappa shape index (κ3) is 3.35. The number of aromatic nitrogens is 2. The van der Waals surface area contributed by atoms with Crippen LogP contribution in [0.5, 0.6) is 0 Å². The summed E-state index contributed by atoms with van der Waals surface area (Å²) in [5, 5.41) is 1.92. The Kier molecular flexibility index (Phi) is 4.94. The molecule has 1 aliphatic rings. The van der Waals surface area contributed by atoms with Gasteiger partial charge in [-0.1, -0.05) is 25.1 Å². The van der Waals surface area contributed by atoms with Crippen molar-refractivity contribution in [2.45, 2.75) is 19.9 Å². The van der Waals surface area contributed by atoms with Crippen molar-refractivity contribution in [2.75, 3.05) is 31.1 Å². The number of carbonyl (C=O) groups is 1. The van der Waals surface area contributed by atoms with Gasteiger partial charge in [0.1, 0.15) is 0 Å². The minimum atomic E-state index is -0.0476. The molecule has 1 amide bonds. The van der Waals surface area contributed by atoms with Crippen LogP contribution in [0.25, 0.3) is 11.0 Å². The van der Waals surface area contributed by atoms with E-state index in [1.165, 1.54) is 11.3 Å². The van der Waals surface area contributed by atoms with Gasteiger partial charge >= 0.3 is 0 Å². The predicted molar refractivity (Wildman–Crippen MR) is 109 cm³/mol.